The van der Waals surface area contributed by atoms with E-state index in [9.17, 15) is 0 Å². The molecule has 1 fully saturated rings. The standard InChI is InChI=1S/C10H15N3S/c1-8-9(2)14-6-5-13(8)10-7-11-3-4-12-10/h3-4,7-9H,5-6H2,1-2H3. The van der Waals surface area contributed by atoms with Gasteiger partial charge in [0.2, 0.25) is 0 Å². The quantitative estimate of drug-likeness (QED) is 0.705. The van der Waals surface area contributed by atoms with E-state index in [1.807, 2.05) is 18.0 Å². The smallest absolute Gasteiger partial charge is 0.147 e. The molecule has 1 aliphatic heterocycles. The van der Waals surface area contributed by atoms with Gasteiger partial charge in [-0.15, -0.1) is 0 Å². The molecule has 14 heavy (non-hydrogen) atoms. The summed E-state index contributed by atoms with van der Waals surface area (Å²) in [6, 6.07) is 0.547. The van der Waals surface area contributed by atoms with Gasteiger partial charge in [0, 0.05) is 36.0 Å². The third-order valence-corrected chi connectivity index (χ3v) is 4.07. The summed E-state index contributed by atoms with van der Waals surface area (Å²) in [5.41, 5.74) is 0. The van der Waals surface area contributed by atoms with Gasteiger partial charge in [-0.3, -0.25) is 4.98 Å². The number of hydrogen-bond donors (Lipinski definition) is 0. The Morgan fingerprint density at radius 3 is 3.00 bits per heavy atom. The van der Waals surface area contributed by atoms with Crippen molar-refractivity contribution in [1.82, 2.24) is 9.97 Å². The first-order chi connectivity index (χ1) is 6.79. The van der Waals surface area contributed by atoms with Gasteiger partial charge in [-0.05, 0) is 6.92 Å². The fraction of sp³-hybridized carbons (Fsp3) is 0.600. The van der Waals surface area contributed by atoms with Crippen LogP contribution in [0.25, 0.3) is 0 Å². The fourth-order valence-electron chi connectivity index (χ4n) is 1.70. The zero-order valence-electron chi connectivity index (χ0n) is 8.55. The van der Waals surface area contributed by atoms with Crippen molar-refractivity contribution >= 4 is 17.6 Å². The molecule has 1 aromatic rings. The first kappa shape index (κ1) is 9.77. The maximum absolute atomic E-state index is 4.34. The molecule has 2 atom stereocenters. The zero-order chi connectivity index (χ0) is 9.97. The number of anilines is 1. The van der Waals surface area contributed by atoms with Crippen LogP contribution in [-0.4, -0.2) is 33.6 Å². The first-order valence-electron chi connectivity index (χ1n) is 4.93. The van der Waals surface area contributed by atoms with Gasteiger partial charge in [-0.2, -0.15) is 11.8 Å². The Morgan fingerprint density at radius 1 is 1.43 bits per heavy atom. The third-order valence-electron chi connectivity index (χ3n) is 2.73. The van der Waals surface area contributed by atoms with Crippen molar-refractivity contribution in [1.29, 1.82) is 0 Å². The Balaban J connectivity index is 2.17. The second kappa shape index (κ2) is 4.17. The van der Waals surface area contributed by atoms with Crippen molar-refractivity contribution in [3.63, 3.8) is 0 Å². The van der Waals surface area contributed by atoms with Crippen molar-refractivity contribution in [2.24, 2.45) is 0 Å². The molecular weight excluding hydrogens is 194 g/mol. The van der Waals surface area contributed by atoms with Gasteiger partial charge in [0.05, 0.1) is 6.20 Å². The molecule has 0 aromatic carbocycles. The molecule has 0 saturated carbocycles. The Bertz CT molecular complexity index is 291. The van der Waals surface area contributed by atoms with Crippen LogP contribution in [0.2, 0.25) is 0 Å². The lowest BCUT2D eigenvalue weighted by atomic mass is 10.2. The van der Waals surface area contributed by atoms with Crippen molar-refractivity contribution in [2.75, 3.05) is 17.2 Å². The van der Waals surface area contributed by atoms with E-state index in [2.05, 4.69) is 28.7 Å². The highest BCUT2D eigenvalue weighted by Crippen LogP contribution is 2.27. The molecule has 0 N–H and O–H groups in total. The second-order valence-electron chi connectivity index (χ2n) is 3.57. The maximum Gasteiger partial charge on any atom is 0.147 e. The van der Waals surface area contributed by atoms with E-state index < -0.39 is 0 Å². The topological polar surface area (TPSA) is 29.0 Å². The minimum atomic E-state index is 0.547. The average Bonchev–Trinajstić information content (AvgIpc) is 2.23. The van der Waals surface area contributed by atoms with Gasteiger partial charge in [0.25, 0.3) is 0 Å². The van der Waals surface area contributed by atoms with E-state index in [1.165, 1.54) is 5.75 Å². The molecule has 1 saturated heterocycles. The van der Waals surface area contributed by atoms with Gasteiger partial charge in [0.1, 0.15) is 5.82 Å². The zero-order valence-corrected chi connectivity index (χ0v) is 9.37. The first-order valence-corrected chi connectivity index (χ1v) is 5.98. The summed E-state index contributed by atoms with van der Waals surface area (Å²) < 4.78 is 0. The Kier molecular flexibility index (Phi) is 2.91. The Hall–Kier alpha value is -0.770. The second-order valence-corrected chi connectivity index (χ2v) is 5.06. The van der Waals surface area contributed by atoms with Crippen LogP contribution in [0.15, 0.2) is 18.6 Å². The van der Waals surface area contributed by atoms with Crippen molar-refractivity contribution in [3.05, 3.63) is 18.6 Å². The molecule has 76 valence electrons. The molecule has 2 unspecified atom stereocenters. The third kappa shape index (κ3) is 1.85. The predicted octanol–water partition coefficient (Wildman–Crippen LogP) is 1.81. The van der Waals surface area contributed by atoms with Gasteiger partial charge < -0.3 is 4.90 Å². The SMILES string of the molecule is CC1SCCN(c2cnccn2)C1C. The van der Waals surface area contributed by atoms with E-state index >= 15 is 0 Å². The molecule has 0 spiro atoms. The van der Waals surface area contributed by atoms with E-state index in [4.69, 9.17) is 0 Å². The summed E-state index contributed by atoms with van der Waals surface area (Å²) in [6.45, 7) is 5.61. The van der Waals surface area contributed by atoms with Gasteiger partial charge >= 0.3 is 0 Å². The molecule has 0 radical (unpaired) electrons. The minimum Gasteiger partial charge on any atom is -0.351 e. The van der Waals surface area contributed by atoms with E-state index in [0.29, 0.717) is 11.3 Å². The molecule has 2 heterocycles. The summed E-state index contributed by atoms with van der Waals surface area (Å²) in [6.07, 6.45) is 5.32. The highest BCUT2D eigenvalue weighted by molar-refractivity contribution is 8.00. The number of rotatable bonds is 1. The summed E-state index contributed by atoms with van der Waals surface area (Å²) in [5.74, 6) is 2.19. The number of aromatic nitrogens is 2. The van der Waals surface area contributed by atoms with Crippen LogP contribution in [0.4, 0.5) is 5.82 Å². The number of nitrogens with zero attached hydrogens (tertiary/aromatic N) is 3. The van der Waals surface area contributed by atoms with E-state index in [1.54, 1.807) is 12.4 Å². The van der Waals surface area contributed by atoms with Gasteiger partial charge in [0.15, 0.2) is 0 Å². The van der Waals surface area contributed by atoms with Crippen LogP contribution < -0.4 is 4.90 Å². The Labute approximate surface area is 88.9 Å². The molecule has 1 aliphatic rings. The monoisotopic (exact) mass is 209 g/mol. The van der Waals surface area contributed by atoms with Crippen LogP contribution in [-0.2, 0) is 0 Å². The fourth-order valence-corrected chi connectivity index (χ4v) is 2.80. The van der Waals surface area contributed by atoms with E-state index in [0.717, 1.165) is 12.4 Å². The summed E-state index contributed by atoms with van der Waals surface area (Å²) >= 11 is 2.03. The minimum absolute atomic E-state index is 0.547. The molecular formula is C10H15N3S. The summed E-state index contributed by atoms with van der Waals surface area (Å²) in [5, 5.41) is 0.672. The molecule has 4 heteroatoms. The van der Waals surface area contributed by atoms with Crippen LogP contribution in [0, 0.1) is 0 Å². The average molecular weight is 209 g/mol. The molecule has 0 bridgehead atoms. The normalized spacial score (nSPS) is 27.7. The van der Waals surface area contributed by atoms with Crippen LogP contribution >= 0.6 is 11.8 Å². The molecule has 0 aliphatic carbocycles. The van der Waals surface area contributed by atoms with Crippen molar-refractivity contribution in [3.8, 4) is 0 Å². The van der Waals surface area contributed by atoms with Crippen molar-refractivity contribution in [2.45, 2.75) is 25.1 Å². The lowest BCUT2D eigenvalue weighted by Gasteiger charge is -2.38. The van der Waals surface area contributed by atoms with Crippen LogP contribution in [0.1, 0.15) is 13.8 Å². The number of hydrogen-bond acceptors (Lipinski definition) is 4. The highest BCUT2D eigenvalue weighted by Gasteiger charge is 2.25. The predicted molar refractivity (Wildman–Crippen MR) is 60.8 cm³/mol. The number of thioether (sulfide) groups is 1. The summed E-state index contributed by atoms with van der Waals surface area (Å²) in [4.78, 5) is 10.8. The lowest BCUT2D eigenvalue weighted by Crippen LogP contribution is -2.45. The van der Waals surface area contributed by atoms with Crippen molar-refractivity contribution < 1.29 is 0 Å². The van der Waals surface area contributed by atoms with Crippen LogP contribution in [0.3, 0.4) is 0 Å². The lowest BCUT2D eigenvalue weighted by molar-refractivity contribution is 0.619. The van der Waals surface area contributed by atoms with E-state index in [-0.39, 0.29) is 0 Å². The van der Waals surface area contributed by atoms with Gasteiger partial charge in [-0.1, -0.05) is 6.92 Å². The summed E-state index contributed by atoms with van der Waals surface area (Å²) in [7, 11) is 0. The van der Waals surface area contributed by atoms with Gasteiger partial charge in [-0.25, -0.2) is 4.98 Å². The molecule has 3 nitrogen and oxygen atoms in total. The molecule has 0 amide bonds. The molecule has 1 aromatic heterocycles. The highest BCUT2D eigenvalue weighted by atomic mass is 32.2. The molecule has 2 rings (SSSR count). The van der Waals surface area contributed by atoms with Crippen LogP contribution in [0.5, 0.6) is 0 Å². The Morgan fingerprint density at radius 2 is 2.29 bits per heavy atom. The largest absolute Gasteiger partial charge is 0.351 e. The maximum atomic E-state index is 4.34.